The molecule has 0 radical (unpaired) electrons. The summed E-state index contributed by atoms with van der Waals surface area (Å²) in [5.41, 5.74) is 3.66. The lowest BCUT2D eigenvalue weighted by molar-refractivity contribution is 0.413. The quantitative estimate of drug-likeness (QED) is 0.463. The van der Waals surface area contributed by atoms with E-state index >= 15 is 0 Å². The third kappa shape index (κ3) is 3.87. The van der Waals surface area contributed by atoms with Crippen molar-refractivity contribution in [1.29, 1.82) is 0 Å². The van der Waals surface area contributed by atoms with Crippen LogP contribution >= 0.6 is 0 Å². The summed E-state index contributed by atoms with van der Waals surface area (Å²) in [6, 6.07) is 12.4. The number of anilines is 2. The fraction of sp³-hybridized carbons (Fsp3) is 0.208. The monoisotopic (exact) mass is 430 g/mol. The molecule has 2 aromatic heterocycles. The van der Waals surface area contributed by atoms with Crippen molar-refractivity contribution >= 4 is 11.6 Å². The molecule has 0 fully saturated rings. The van der Waals surface area contributed by atoms with E-state index < -0.39 is 0 Å². The van der Waals surface area contributed by atoms with Crippen molar-refractivity contribution < 1.29 is 9.13 Å². The van der Waals surface area contributed by atoms with Gasteiger partial charge in [-0.15, -0.1) is 5.10 Å². The van der Waals surface area contributed by atoms with Crippen LogP contribution in [-0.4, -0.2) is 31.4 Å². The molecule has 8 heteroatoms. The summed E-state index contributed by atoms with van der Waals surface area (Å²) in [6.45, 7) is 2.59. The number of aromatic nitrogens is 5. The van der Waals surface area contributed by atoms with E-state index in [9.17, 15) is 4.39 Å². The van der Waals surface area contributed by atoms with Crippen molar-refractivity contribution in [3.05, 3.63) is 90.0 Å². The molecule has 0 saturated heterocycles. The van der Waals surface area contributed by atoms with E-state index in [-0.39, 0.29) is 11.7 Å². The Morgan fingerprint density at radius 2 is 1.97 bits per heavy atom. The Hall–Kier alpha value is -3.94. The maximum absolute atomic E-state index is 13.4. The van der Waals surface area contributed by atoms with Gasteiger partial charge in [0.2, 0.25) is 5.95 Å². The Kier molecular flexibility index (Phi) is 5.18. The summed E-state index contributed by atoms with van der Waals surface area (Å²) in [4.78, 5) is 9.06. The lowest BCUT2D eigenvalue weighted by Crippen LogP contribution is -2.08. The maximum atomic E-state index is 13.4. The highest BCUT2D eigenvalue weighted by Crippen LogP contribution is 2.32. The first kappa shape index (κ1) is 20.0. The number of rotatable bonds is 5. The van der Waals surface area contributed by atoms with E-state index in [2.05, 4.69) is 27.6 Å². The SMILES string of the molecule is COc1cc(Nc2nc3n(n2)CC=CC[C@H]3c2ccc(F)cc2)ccc1-n1cnc(C)c1. The Balaban J connectivity index is 1.44. The summed E-state index contributed by atoms with van der Waals surface area (Å²) in [5.74, 6) is 1.83. The molecule has 7 nitrogen and oxygen atoms in total. The first-order valence-corrected chi connectivity index (χ1v) is 10.4. The van der Waals surface area contributed by atoms with E-state index in [0.717, 1.165) is 34.9 Å². The molecule has 4 aromatic rings. The largest absolute Gasteiger partial charge is 0.494 e. The molecule has 0 bridgehead atoms. The minimum Gasteiger partial charge on any atom is -0.494 e. The highest BCUT2D eigenvalue weighted by Gasteiger charge is 2.23. The molecular weight excluding hydrogens is 407 g/mol. The number of hydrogen-bond acceptors (Lipinski definition) is 5. The van der Waals surface area contributed by atoms with Crippen LogP contribution in [0.4, 0.5) is 16.0 Å². The van der Waals surface area contributed by atoms with Crippen LogP contribution in [0.1, 0.15) is 29.4 Å². The van der Waals surface area contributed by atoms with Crippen molar-refractivity contribution in [2.75, 3.05) is 12.4 Å². The first-order valence-electron chi connectivity index (χ1n) is 10.4. The van der Waals surface area contributed by atoms with Gasteiger partial charge in [-0.05, 0) is 43.2 Å². The molecule has 32 heavy (non-hydrogen) atoms. The van der Waals surface area contributed by atoms with Crippen molar-refractivity contribution in [1.82, 2.24) is 24.3 Å². The minimum atomic E-state index is -0.245. The number of aryl methyl sites for hydroxylation is 1. The van der Waals surface area contributed by atoms with Gasteiger partial charge in [0.15, 0.2) is 0 Å². The van der Waals surface area contributed by atoms with Crippen molar-refractivity contribution in [3.8, 4) is 11.4 Å². The van der Waals surface area contributed by atoms with Gasteiger partial charge in [0.1, 0.15) is 17.4 Å². The van der Waals surface area contributed by atoms with Crippen LogP contribution in [0.2, 0.25) is 0 Å². The molecule has 1 aliphatic heterocycles. The Labute approximate surface area is 185 Å². The van der Waals surface area contributed by atoms with Gasteiger partial charge < -0.3 is 14.6 Å². The summed E-state index contributed by atoms with van der Waals surface area (Å²) >= 11 is 0. The molecule has 0 amide bonds. The molecule has 162 valence electrons. The fourth-order valence-corrected chi connectivity index (χ4v) is 3.94. The maximum Gasteiger partial charge on any atom is 0.246 e. The highest BCUT2D eigenvalue weighted by atomic mass is 19.1. The molecule has 1 atom stereocenters. The summed E-state index contributed by atoms with van der Waals surface area (Å²) in [6.07, 6.45) is 8.70. The van der Waals surface area contributed by atoms with Crippen molar-refractivity contribution in [2.24, 2.45) is 0 Å². The molecule has 0 aliphatic carbocycles. The summed E-state index contributed by atoms with van der Waals surface area (Å²) < 4.78 is 22.8. The number of allylic oxidation sites excluding steroid dienone is 2. The number of fused-ring (bicyclic) bond motifs is 1. The predicted molar refractivity (Wildman–Crippen MR) is 120 cm³/mol. The van der Waals surface area contributed by atoms with Gasteiger partial charge in [0.25, 0.3) is 0 Å². The van der Waals surface area contributed by atoms with Crippen LogP contribution in [0, 0.1) is 12.7 Å². The molecule has 1 N–H and O–H groups in total. The zero-order valence-electron chi connectivity index (χ0n) is 17.9. The smallest absolute Gasteiger partial charge is 0.246 e. The van der Waals surface area contributed by atoms with Crippen LogP contribution in [0.25, 0.3) is 5.69 Å². The molecule has 5 rings (SSSR count). The summed E-state index contributed by atoms with van der Waals surface area (Å²) in [5, 5.41) is 7.94. The van der Waals surface area contributed by atoms with E-state index in [0.29, 0.717) is 18.2 Å². The fourth-order valence-electron chi connectivity index (χ4n) is 3.94. The summed E-state index contributed by atoms with van der Waals surface area (Å²) in [7, 11) is 1.64. The number of hydrogen-bond donors (Lipinski definition) is 1. The normalized spacial score (nSPS) is 15.3. The molecule has 0 saturated carbocycles. The molecular formula is C24H23FN6O. The number of nitrogens with zero attached hydrogens (tertiary/aromatic N) is 5. The predicted octanol–water partition coefficient (Wildman–Crippen LogP) is 4.76. The molecule has 1 aliphatic rings. The first-order chi connectivity index (χ1) is 15.6. The van der Waals surface area contributed by atoms with Crippen LogP contribution in [0.15, 0.2) is 67.1 Å². The third-order valence-electron chi connectivity index (χ3n) is 5.53. The number of methoxy groups -OCH3 is 1. The van der Waals surface area contributed by atoms with Gasteiger partial charge in [-0.1, -0.05) is 24.3 Å². The Morgan fingerprint density at radius 1 is 1.12 bits per heavy atom. The second kappa shape index (κ2) is 8.30. The average Bonchev–Trinajstić information content (AvgIpc) is 3.35. The minimum absolute atomic E-state index is 0.0128. The zero-order chi connectivity index (χ0) is 22.1. The second-order valence-corrected chi connectivity index (χ2v) is 7.72. The molecule has 3 heterocycles. The topological polar surface area (TPSA) is 69.8 Å². The van der Waals surface area contributed by atoms with Crippen LogP contribution < -0.4 is 10.1 Å². The van der Waals surface area contributed by atoms with E-state index in [1.165, 1.54) is 12.1 Å². The van der Waals surface area contributed by atoms with Gasteiger partial charge in [-0.25, -0.2) is 14.1 Å². The molecule has 0 unspecified atom stereocenters. The third-order valence-corrected chi connectivity index (χ3v) is 5.53. The van der Waals surface area contributed by atoms with Crippen LogP contribution in [-0.2, 0) is 6.54 Å². The lowest BCUT2D eigenvalue weighted by atomic mass is 9.95. The van der Waals surface area contributed by atoms with E-state index in [1.54, 1.807) is 13.4 Å². The number of imidazole rings is 1. The van der Waals surface area contributed by atoms with Gasteiger partial charge in [0.05, 0.1) is 31.4 Å². The lowest BCUT2D eigenvalue weighted by Gasteiger charge is -2.13. The number of ether oxygens (including phenoxy) is 1. The van der Waals surface area contributed by atoms with Gasteiger partial charge in [0, 0.05) is 23.9 Å². The van der Waals surface area contributed by atoms with Crippen molar-refractivity contribution in [2.45, 2.75) is 25.8 Å². The van der Waals surface area contributed by atoms with E-state index in [1.807, 2.05) is 52.7 Å². The van der Waals surface area contributed by atoms with Gasteiger partial charge >= 0.3 is 0 Å². The molecule has 2 aromatic carbocycles. The standard InChI is InChI=1S/C24H23FN6O/c1-16-14-30(15-26-16)21-11-10-19(13-22(21)32-2)27-24-28-23-20(5-3-4-12-31(23)29-24)17-6-8-18(25)9-7-17/h3-4,6-11,13-15,20H,5,12H2,1-2H3,(H,27,29)/t20-/m0/s1. The highest BCUT2D eigenvalue weighted by molar-refractivity contribution is 5.62. The average molecular weight is 430 g/mol. The van der Waals surface area contributed by atoms with Gasteiger partial charge in [-0.3, -0.25) is 0 Å². The number of halogens is 1. The number of benzene rings is 2. The second-order valence-electron chi connectivity index (χ2n) is 7.72. The molecule has 0 spiro atoms. The number of nitrogens with one attached hydrogen (secondary N) is 1. The Bertz CT molecular complexity index is 1270. The Morgan fingerprint density at radius 3 is 2.72 bits per heavy atom. The van der Waals surface area contributed by atoms with Crippen molar-refractivity contribution in [3.63, 3.8) is 0 Å². The van der Waals surface area contributed by atoms with Crippen LogP contribution in [0.3, 0.4) is 0 Å². The van der Waals surface area contributed by atoms with E-state index in [4.69, 9.17) is 9.72 Å². The van der Waals surface area contributed by atoms with Gasteiger partial charge in [-0.2, -0.15) is 4.98 Å². The zero-order valence-corrected chi connectivity index (χ0v) is 17.9. The van der Waals surface area contributed by atoms with Crippen LogP contribution in [0.5, 0.6) is 5.75 Å².